The van der Waals surface area contributed by atoms with Crippen LogP contribution in [0.15, 0.2) is 29.6 Å². The summed E-state index contributed by atoms with van der Waals surface area (Å²) >= 11 is 1.35. The molecule has 0 spiro atoms. The van der Waals surface area contributed by atoms with E-state index < -0.39 is 5.54 Å². The summed E-state index contributed by atoms with van der Waals surface area (Å²) in [5.41, 5.74) is 7.52. The minimum absolute atomic E-state index is 0.113. The lowest BCUT2D eigenvalue weighted by molar-refractivity contribution is -0.120. The molecule has 2 aromatic rings. The highest BCUT2D eigenvalue weighted by atomic mass is 32.1. The molecule has 0 radical (unpaired) electrons. The average molecular weight is 346 g/mol. The maximum Gasteiger partial charge on any atom is 0.245 e. The monoisotopic (exact) mass is 346 g/mol. The van der Waals surface area contributed by atoms with Crippen molar-refractivity contribution in [3.8, 4) is 11.3 Å². The van der Waals surface area contributed by atoms with Gasteiger partial charge in [0, 0.05) is 23.6 Å². The summed E-state index contributed by atoms with van der Waals surface area (Å²) in [5, 5.41) is 7.89. The predicted molar refractivity (Wildman–Crippen MR) is 98.0 cm³/mol. The van der Waals surface area contributed by atoms with Crippen LogP contribution in [-0.4, -0.2) is 22.3 Å². The van der Waals surface area contributed by atoms with E-state index in [9.17, 15) is 9.59 Å². The molecule has 1 atom stereocenters. The number of anilines is 2. The third kappa shape index (κ3) is 4.62. The number of hydrogen-bond acceptors (Lipinski definition) is 5. The summed E-state index contributed by atoms with van der Waals surface area (Å²) in [7, 11) is 0. The molecule has 0 saturated carbocycles. The van der Waals surface area contributed by atoms with Crippen LogP contribution in [0.3, 0.4) is 0 Å². The van der Waals surface area contributed by atoms with Crippen LogP contribution >= 0.6 is 11.3 Å². The van der Waals surface area contributed by atoms with Crippen molar-refractivity contribution in [2.75, 3.05) is 10.6 Å². The zero-order valence-electron chi connectivity index (χ0n) is 14.1. The molecule has 0 aliphatic heterocycles. The molecule has 6 nitrogen and oxygen atoms in total. The fourth-order valence-electron chi connectivity index (χ4n) is 2.26. The Bertz CT molecular complexity index is 722. The lowest BCUT2D eigenvalue weighted by Crippen LogP contribution is -2.48. The zero-order valence-corrected chi connectivity index (χ0v) is 14.9. The summed E-state index contributed by atoms with van der Waals surface area (Å²) in [5.74, 6) is -0.343. The fourth-order valence-corrected chi connectivity index (χ4v) is 2.98. The molecule has 1 aromatic carbocycles. The number of benzene rings is 1. The molecule has 0 saturated heterocycles. The Morgan fingerprint density at radius 3 is 2.50 bits per heavy atom. The lowest BCUT2D eigenvalue weighted by atomic mass is 9.97. The van der Waals surface area contributed by atoms with Gasteiger partial charge in [-0.3, -0.25) is 9.59 Å². The summed E-state index contributed by atoms with van der Waals surface area (Å²) in [6, 6.07) is 7.37. The second-order valence-corrected chi connectivity index (χ2v) is 6.78. The van der Waals surface area contributed by atoms with Crippen LogP contribution < -0.4 is 16.4 Å². The topological polar surface area (TPSA) is 97.1 Å². The van der Waals surface area contributed by atoms with E-state index in [1.807, 2.05) is 36.6 Å². The number of rotatable bonds is 6. The molecule has 2 amide bonds. The molecule has 2 rings (SSSR count). The third-order valence-corrected chi connectivity index (χ3v) is 4.27. The van der Waals surface area contributed by atoms with Crippen LogP contribution in [0, 0.1) is 0 Å². The van der Waals surface area contributed by atoms with E-state index in [0.29, 0.717) is 11.6 Å². The van der Waals surface area contributed by atoms with Crippen molar-refractivity contribution in [1.29, 1.82) is 0 Å². The molecule has 0 bridgehead atoms. The van der Waals surface area contributed by atoms with E-state index in [-0.39, 0.29) is 11.8 Å². The molecule has 0 fully saturated rings. The first-order valence-corrected chi connectivity index (χ1v) is 8.63. The Balaban J connectivity index is 2.07. The second kappa shape index (κ2) is 7.55. The molecule has 0 aliphatic carbocycles. The van der Waals surface area contributed by atoms with Crippen LogP contribution in [0.2, 0.25) is 0 Å². The summed E-state index contributed by atoms with van der Waals surface area (Å²) in [6.45, 7) is 5.18. The highest BCUT2D eigenvalue weighted by molar-refractivity contribution is 7.14. The minimum Gasteiger partial charge on any atom is -0.326 e. The van der Waals surface area contributed by atoms with E-state index in [4.69, 9.17) is 5.73 Å². The molecular formula is C17H22N4O2S. The second-order valence-electron chi connectivity index (χ2n) is 5.92. The molecule has 24 heavy (non-hydrogen) atoms. The van der Waals surface area contributed by atoms with Gasteiger partial charge < -0.3 is 16.4 Å². The SMILES string of the molecule is CCCC(C)(N)C(=O)Nc1nc(-c2ccc(NC(C)=O)cc2)cs1. The number of nitrogens with zero attached hydrogens (tertiary/aromatic N) is 1. The number of carbonyl (C=O) groups is 2. The van der Waals surface area contributed by atoms with Crippen molar-refractivity contribution in [3.05, 3.63) is 29.6 Å². The van der Waals surface area contributed by atoms with E-state index in [1.165, 1.54) is 18.3 Å². The molecule has 7 heteroatoms. The van der Waals surface area contributed by atoms with E-state index in [0.717, 1.165) is 23.4 Å². The van der Waals surface area contributed by atoms with E-state index in [1.54, 1.807) is 6.92 Å². The van der Waals surface area contributed by atoms with E-state index in [2.05, 4.69) is 15.6 Å². The maximum atomic E-state index is 12.2. The van der Waals surface area contributed by atoms with Crippen LogP contribution in [0.5, 0.6) is 0 Å². The molecule has 4 N–H and O–H groups in total. The Morgan fingerprint density at radius 1 is 1.25 bits per heavy atom. The van der Waals surface area contributed by atoms with Crippen molar-refractivity contribution in [2.45, 2.75) is 39.2 Å². The standard InChI is InChI=1S/C17H22N4O2S/c1-4-9-17(3,18)15(23)21-16-20-14(10-24-16)12-5-7-13(8-6-12)19-11(2)22/h5-8,10H,4,9,18H2,1-3H3,(H,19,22)(H,20,21,23). The quantitative estimate of drug-likeness (QED) is 0.748. The Labute approximate surface area is 145 Å². The van der Waals surface area contributed by atoms with Crippen LogP contribution in [0.1, 0.15) is 33.6 Å². The van der Waals surface area contributed by atoms with Gasteiger partial charge in [-0.25, -0.2) is 4.98 Å². The summed E-state index contributed by atoms with van der Waals surface area (Å²) in [6.07, 6.45) is 1.45. The van der Waals surface area contributed by atoms with Gasteiger partial charge in [-0.2, -0.15) is 0 Å². The van der Waals surface area contributed by atoms with Crippen molar-refractivity contribution < 1.29 is 9.59 Å². The largest absolute Gasteiger partial charge is 0.326 e. The summed E-state index contributed by atoms with van der Waals surface area (Å²) in [4.78, 5) is 27.7. The molecule has 1 heterocycles. The number of amides is 2. The number of thiazole rings is 1. The fraction of sp³-hybridized carbons (Fsp3) is 0.353. The highest BCUT2D eigenvalue weighted by Gasteiger charge is 2.27. The number of aromatic nitrogens is 1. The van der Waals surface area contributed by atoms with Gasteiger partial charge in [-0.15, -0.1) is 11.3 Å². The molecule has 1 aromatic heterocycles. The molecule has 1 unspecified atom stereocenters. The van der Waals surface area contributed by atoms with Gasteiger partial charge in [0.15, 0.2) is 5.13 Å². The molecular weight excluding hydrogens is 324 g/mol. The van der Waals surface area contributed by atoms with Crippen molar-refractivity contribution in [3.63, 3.8) is 0 Å². The first-order valence-electron chi connectivity index (χ1n) is 7.75. The Hall–Kier alpha value is -2.25. The molecule has 0 aliphatic rings. The van der Waals surface area contributed by atoms with Crippen molar-refractivity contribution in [1.82, 2.24) is 4.98 Å². The van der Waals surface area contributed by atoms with E-state index >= 15 is 0 Å². The highest BCUT2D eigenvalue weighted by Crippen LogP contribution is 2.26. The number of carbonyl (C=O) groups excluding carboxylic acids is 2. The van der Waals surface area contributed by atoms with Gasteiger partial charge in [-0.05, 0) is 25.5 Å². The van der Waals surface area contributed by atoms with Crippen LogP contribution in [0.25, 0.3) is 11.3 Å². The van der Waals surface area contributed by atoms with Gasteiger partial charge in [0.25, 0.3) is 0 Å². The normalized spacial score (nSPS) is 13.2. The number of nitrogens with two attached hydrogens (primary N) is 1. The van der Waals surface area contributed by atoms with Gasteiger partial charge in [0.2, 0.25) is 11.8 Å². The zero-order chi connectivity index (χ0) is 17.7. The number of hydrogen-bond donors (Lipinski definition) is 3. The number of nitrogens with one attached hydrogen (secondary N) is 2. The predicted octanol–water partition coefficient (Wildman–Crippen LogP) is 3.22. The van der Waals surface area contributed by atoms with Crippen LogP contribution in [-0.2, 0) is 9.59 Å². The summed E-state index contributed by atoms with van der Waals surface area (Å²) < 4.78 is 0. The lowest BCUT2D eigenvalue weighted by Gasteiger charge is -2.21. The van der Waals surface area contributed by atoms with Crippen molar-refractivity contribution in [2.24, 2.45) is 5.73 Å². The first kappa shape index (κ1) is 18.1. The van der Waals surface area contributed by atoms with Gasteiger partial charge in [0.1, 0.15) is 0 Å². The van der Waals surface area contributed by atoms with Gasteiger partial charge in [0.05, 0.1) is 11.2 Å². The van der Waals surface area contributed by atoms with Gasteiger partial charge >= 0.3 is 0 Å². The Morgan fingerprint density at radius 2 is 1.92 bits per heavy atom. The average Bonchev–Trinajstić information content (AvgIpc) is 2.96. The minimum atomic E-state index is -0.902. The third-order valence-electron chi connectivity index (χ3n) is 3.51. The van der Waals surface area contributed by atoms with Crippen molar-refractivity contribution >= 4 is 34.0 Å². The Kier molecular flexibility index (Phi) is 5.69. The maximum absolute atomic E-state index is 12.2. The van der Waals surface area contributed by atoms with Gasteiger partial charge in [-0.1, -0.05) is 25.5 Å². The smallest absolute Gasteiger partial charge is 0.245 e. The van der Waals surface area contributed by atoms with Crippen LogP contribution in [0.4, 0.5) is 10.8 Å². The molecule has 128 valence electrons. The first-order chi connectivity index (χ1) is 11.3.